The highest BCUT2D eigenvalue weighted by Crippen LogP contribution is 2.22. The lowest BCUT2D eigenvalue weighted by Gasteiger charge is -2.32. The molecule has 1 aliphatic heterocycles. The van der Waals surface area contributed by atoms with Crippen LogP contribution in [0, 0.1) is 6.92 Å². The number of nitrogens with zero attached hydrogens (tertiary/aromatic N) is 5. The van der Waals surface area contributed by atoms with E-state index in [9.17, 15) is 4.79 Å². The van der Waals surface area contributed by atoms with E-state index in [-0.39, 0.29) is 11.9 Å². The number of benzene rings is 1. The maximum absolute atomic E-state index is 12.8. The molecule has 4 rings (SSSR count). The van der Waals surface area contributed by atoms with Gasteiger partial charge >= 0.3 is 0 Å². The highest BCUT2D eigenvalue weighted by molar-refractivity contribution is 5.99. The highest BCUT2D eigenvalue weighted by Gasteiger charge is 2.29. The van der Waals surface area contributed by atoms with Crippen molar-refractivity contribution in [2.24, 2.45) is 0 Å². The van der Waals surface area contributed by atoms with Crippen molar-refractivity contribution >= 4 is 23.1 Å². The lowest BCUT2D eigenvalue weighted by atomic mass is 10.0. The minimum atomic E-state index is -0.277. The van der Waals surface area contributed by atoms with Gasteiger partial charge in [-0.05, 0) is 44.0 Å². The second-order valence-electron chi connectivity index (χ2n) is 5.90. The maximum Gasteiger partial charge on any atom is 0.249 e. The Morgan fingerprint density at radius 2 is 1.96 bits per heavy atom. The first-order chi connectivity index (χ1) is 11.7. The summed E-state index contributed by atoms with van der Waals surface area (Å²) in [6.07, 6.45) is 1.75. The van der Waals surface area contributed by atoms with Gasteiger partial charge in [0.25, 0.3) is 0 Å². The fourth-order valence-corrected chi connectivity index (χ4v) is 3.03. The van der Waals surface area contributed by atoms with Crippen molar-refractivity contribution in [2.75, 3.05) is 16.8 Å². The number of anilines is 2. The van der Waals surface area contributed by atoms with Crippen LogP contribution in [-0.4, -0.2) is 38.3 Å². The second-order valence-corrected chi connectivity index (χ2v) is 5.90. The van der Waals surface area contributed by atoms with E-state index >= 15 is 0 Å². The second kappa shape index (κ2) is 5.92. The van der Waals surface area contributed by atoms with Gasteiger partial charge in [0.15, 0.2) is 11.5 Å². The third-order valence-corrected chi connectivity index (χ3v) is 4.25. The SMILES string of the molecule is Cc1nnc2ccc(NC3CCCN(c4ccccc4)C3=O)nn12. The van der Waals surface area contributed by atoms with Crippen LogP contribution in [-0.2, 0) is 4.79 Å². The predicted molar refractivity (Wildman–Crippen MR) is 91.0 cm³/mol. The van der Waals surface area contributed by atoms with Crippen LogP contribution in [0.25, 0.3) is 5.65 Å². The molecule has 1 unspecified atom stereocenters. The standard InChI is InChI=1S/C17H18N6O/c1-12-19-20-16-10-9-15(21-23(12)16)18-14-8-5-11-22(17(14)24)13-6-3-2-4-7-13/h2-4,6-7,9-10,14H,5,8,11H2,1H3,(H,18,21). The zero-order valence-corrected chi connectivity index (χ0v) is 13.4. The molecule has 1 aliphatic rings. The van der Waals surface area contributed by atoms with Gasteiger partial charge in [-0.25, -0.2) is 0 Å². The molecule has 24 heavy (non-hydrogen) atoms. The van der Waals surface area contributed by atoms with Crippen molar-refractivity contribution in [3.63, 3.8) is 0 Å². The van der Waals surface area contributed by atoms with Crippen molar-refractivity contribution in [2.45, 2.75) is 25.8 Å². The molecule has 3 heterocycles. The molecule has 7 nitrogen and oxygen atoms in total. The predicted octanol–water partition coefficient (Wildman–Crippen LogP) is 2.04. The highest BCUT2D eigenvalue weighted by atomic mass is 16.2. The van der Waals surface area contributed by atoms with Gasteiger partial charge in [0, 0.05) is 12.2 Å². The Hall–Kier alpha value is -2.96. The smallest absolute Gasteiger partial charge is 0.249 e. The number of nitrogens with one attached hydrogen (secondary N) is 1. The third-order valence-electron chi connectivity index (χ3n) is 4.25. The van der Waals surface area contributed by atoms with Crippen LogP contribution < -0.4 is 10.2 Å². The fraction of sp³-hybridized carbons (Fsp3) is 0.294. The number of carbonyl (C=O) groups excluding carboxylic acids is 1. The van der Waals surface area contributed by atoms with E-state index in [1.54, 1.807) is 4.52 Å². The molecule has 2 aromatic heterocycles. The number of amides is 1. The van der Waals surface area contributed by atoms with E-state index in [1.807, 2.05) is 54.3 Å². The minimum Gasteiger partial charge on any atom is -0.357 e. The zero-order valence-electron chi connectivity index (χ0n) is 13.4. The lowest BCUT2D eigenvalue weighted by Crippen LogP contribution is -2.47. The number of hydrogen-bond acceptors (Lipinski definition) is 5. The third kappa shape index (κ3) is 2.58. The van der Waals surface area contributed by atoms with Crippen LogP contribution in [0.5, 0.6) is 0 Å². The van der Waals surface area contributed by atoms with Crippen LogP contribution in [0.1, 0.15) is 18.7 Å². The Morgan fingerprint density at radius 3 is 2.79 bits per heavy atom. The fourth-order valence-electron chi connectivity index (χ4n) is 3.03. The lowest BCUT2D eigenvalue weighted by molar-refractivity contribution is -0.120. The first kappa shape index (κ1) is 14.6. The molecule has 122 valence electrons. The monoisotopic (exact) mass is 322 g/mol. The molecular formula is C17H18N6O. The molecule has 1 saturated heterocycles. The topological polar surface area (TPSA) is 75.4 Å². The number of rotatable bonds is 3. The van der Waals surface area contributed by atoms with E-state index in [4.69, 9.17) is 0 Å². The molecule has 7 heteroatoms. The summed E-state index contributed by atoms with van der Waals surface area (Å²) in [5.74, 6) is 1.45. The van der Waals surface area contributed by atoms with Gasteiger partial charge in [0.1, 0.15) is 11.9 Å². The summed E-state index contributed by atoms with van der Waals surface area (Å²) in [5.41, 5.74) is 1.63. The normalized spacial score (nSPS) is 18.1. The molecule has 0 aliphatic carbocycles. The molecule has 0 bridgehead atoms. The molecule has 1 fully saturated rings. The maximum atomic E-state index is 12.8. The van der Waals surface area contributed by atoms with Gasteiger partial charge in [-0.2, -0.15) is 4.52 Å². The van der Waals surface area contributed by atoms with Crippen molar-refractivity contribution < 1.29 is 4.79 Å². The minimum absolute atomic E-state index is 0.0785. The number of aromatic nitrogens is 4. The number of para-hydroxylation sites is 1. The summed E-state index contributed by atoms with van der Waals surface area (Å²) in [5, 5.41) is 15.7. The van der Waals surface area contributed by atoms with E-state index in [2.05, 4.69) is 20.6 Å². The Kier molecular flexibility index (Phi) is 3.60. The Labute approximate surface area is 139 Å². The van der Waals surface area contributed by atoms with Crippen LogP contribution in [0.4, 0.5) is 11.5 Å². The summed E-state index contributed by atoms with van der Waals surface area (Å²) < 4.78 is 1.67. The summed E-state index contributed by atoms with van der Waals surface area (Å²) in [6, 6.07) is 13.2. The number of piperidine rings is 1. The summed E-state index contributed by atoms with van der Waals surface area (Å²) in [4.78, 5) is 14.7. The van der Waals surface area contributed by atoms with Gasteiger partial charge in [-0.15, -0.1) is 15.3 Å². The molecule has 0 radical (unpaired) electrons. The van der Waals surface area contributed by atoms with Gasteiger partial charge in [0.05, 0.1) is 0 Å². The molecule has 1 N–H and O–H groups in total. The quantitative estimate of drug-likeness (QED) is 0.798. The van der Waals surface area contributed by atoms with Crippen molar-refractivity contribution in [3.8, 4) is 0 Å². The zero-order chi connectivity index (χ0) is 16.5. The molecule has 1 aromatic carbocycles. The number of fused-ring (bicyclic) bond motifs is 1. The molecule has 0 spiro atoms. The van der Waals surface area contributed by atoms with Crippen LogP contribution in [0.15, 0.2) is 42.5 Å². The van der Waals surface area contributed by atoms with Gasteiger partial charge < -0.3 is 10.2 Å². The van der Waals surface area contributed by atoms with Crippen LogP contribution in [0.3, 0.4) is 0 Å². The van der Waals surface area contributed by atoms with Crippen LogP contribution in [0.2, 0.25) is 0 Å². The van der Waals surface area contributed by atoms with Crippen molar-refractivity contribution in [1.82, 2.24) is 19.8 Å². The largest absolute Gasteiger partial charge is 0.357 e. The number of hydrogen-bond donors (Lipinski definition) is 1. The molecule has 3 aromatic rings. The van der Waals surface area contributed by atoms with Gasteiger partial charge in [0.2, 0.25) is 5.91 Å². The number of carbonyl (C=O) groups is 1. The van der Waals surface area contributed by atoms with Crippen LogP contribution >= 0.6 is 0 Å². The first-order valence-electron chi connectivity index (χ1n) is 8.04. The van der Waals surface area contributed by atoms with E-state index in [0.29, 0.717) is 11.5 Å². The van der Waals surface area contributed by atoms with Gasteiger partial charge in [-0.1, -0.05) is 18.2 Å². The molecular weight excluding hydrogens is 304 g/mol. The van der Waals surface area contributed by atoms with E-state index < -0.39 is 0 Å². The van der Waals surface area contributed by atoms with E-state index in [0.717, 1.165) is 30.9 Å². The Bertz CT molecular complexity index is 875. The summed E-state index contributed by atoms with van der Waals surface area (Å²) >= 11 is 0. The molecule has 1 atom stereocenters. The molecule has 1 amide bonds. The summed E-state index contributed by atoms with van der Waals surface area (Å²) in [7, 11) is 0. The Balaban J connectivity index is 1.56. The average molecular weight is 322 g/mol. The van der Waals surface area contributed by atoms with E-state index in [1.165, 1.54) is 0 Å². The number of aryl methyl sites for hydroxylation is 1. The average Bonchev–Trinajstić information content (AvgIpc) is 2.98. The first-order valence-corrected chi connectivity index (χ1v) is 8.04. The van der Waals surface area contributed by atoms with Crippen molar-refractivity contribution in [3.05, 3.63) is 48.3 Å². The Morgan fingerprint density at radius 1 is 1.12 bits per heavy atom. The van der Waals surface area contributed by atoms with Crippen molar-refractivity contribution in [1.29, 1.82) is 0 Å². The summed E-state index contributed by atoms with van der Waals surface area (Å²) in [6.45, 7) is 2.59. The molecule has 0 saturated carbocycles. The van der Waals surface area contributed by atoms with Gasteiger partial charge in [-0.3, -0.25) is 4.79 Å².